The number of imidazole rings is 1. The van der Waals surface area contributed by atoms with Gasteiger partial charge in [0.05, 0.1) is 5.69 Å². The molecule has 0 atom stereocenters. The van der Waals surface area contributed by atoms with Crippen molar-refractivity contribution in [2.75, 3.05) is 0 Å². The fourth-order valence-electron chi connectivity index (χ4n) is 2.00. The smallest absolute Gasteiger partial charge is 0.356 e. The molecule has 0 radical (unpaired) electrons. The van der Waals surface area contributed by atoms with Gasteiger partial charge in [-0.3, -0.25) is 4.40 Å². The molecule has 0 unspecified atom stereocenters. The minimum absolute atomic E-state index is 0.0173. The maximum absolute atomic E-state index is 10.9. The molecule has 0 aliphatic rings. The maximum atomic E-state index is 10.9. The summed E-state index contributed by atoms with van der Waals surface area (Å²) in [5.41, 5.74) is 3.51. The Balaban J connectivity index is 2.16. The summed E-state index contributed by atoms with van der Waals surface area (Å²) in [5, 5.41) is 8.92. The molecule has 19 heavy (non-hydrogen) atoms. The van der Waals surface area contributed by atoms with Gasteiger partial charge in [-0.05, 0) is 12.5 Å². The summed E-state index contributed by atoms with van der Waals surface area (Å²) in [4.78, 5) is 19.3. The fraction of sp³-hybridized carbons (Fsp3) is 0.0714. The maximum Gasteiger partial charge on any atom is 0.356 e. The largest absolute Gasteiger partial charge is 0.476 e. The molecule has 0 fully saturated rings. The van der Waals surface area contributed by atoms with Gasteiger partial charge in [0.2, 0.25) is 0 Å². The SMILES string of the molecule is Cc1ccccc1-c1cc2nc(C(=O)O)cn2cn1. The number of carbonyl (C=O) groups is 1. The van der Waals surface area contributed by atoms with Gasteiger partial charge in [0.1, 0.15) is 12.0 Å². The molecule has 2 aromatic heterocycles. The second-order valence-electron chi connectivity index (χ2n) is 4.29. The Morgan fingerprint density at radius 1 is 1.32 bits per heavy atom. The van der Waals surface area contributed by atoms with Crippen molar-refractivity contribution in [2.24, 2.45) is 0 Å². The van der Waals surface area contributed by atoms with Gasteiger partial charge >= 0.3 is 5.97 Å². The van der Waals surface area contributed by atoms with E-state index in [9.17, 15) is 4.79 Å². The molecule has 0 saturated carbocycles. The number of aromatic nitrogens is 3. The van der Waals surface area contributed by atoms with Crippen LogP contribution in [0.1, 0.15) is 16.1 Å². The average Bonchev–Trinajstić information content (AvgIpc) is 2.82. The van der Waals surface area contributed by atoms with Gasteiger partial charge in [-0.2, -0.15) is 0 Å². The van der Waals surface area contributed by atoms with E-state index in [1.54, 1.807) is 16.8 Å². The fourth-order valence-corrected chi connectivity index (χ4v) is 2.00. The van der Waals surface area contributed by atoms with Gasteiger partial charge < -0.3 is 5.11 Å². The van der Waals surface area contributed by atoms with Crippen LogP contribution in [-0.4, -0.2) is 25.4 Å². The second kappa shape index (κ2) is 4.20. The Morgan fingerprint density at radius 2 is 2.11 bits per heavy atom. The van der Waals surface area contributed by atoms with Crippen molar-refractivity contribution in [3.63, 3.8) is 0 Å². The summed E-state index contributed by atoms with van der Waals surface area (Å²) in [6.45, 7) is 2.01. The van der Waals surface area contributed by atoms with E-state index in [1.807, 2.05) is 31.2 Å². The van der Waals surface area contributed by atoms with Gasteiger partial charge in [-0.1, -0.05) is 24.3 Å². The summed E-state index contributed by atoms with van der Waals surface area (Å²) < 4.78 is 1.60. The predicted molar refractivity (Wildman–Crippen MR) is 70.1 cm³/mol. The number of carboxylic acid groups (broad SMARTS) is 1. The molecule has 3 aromatic rings. The van der Waals surface area contributed by atoms with E-state index in [4.69, 9.17) is 5.11 Å². The van der Waals surface area contributed by atoms with E-state index >= 15 is 0 Å². The normalized spacial score (nSPS) is 10.8. The van der Waals surface area contributed by atoms with Crippen molar-refractivity contribution >= 4 is 11.6 Å². The number of fused-ring (bicyclic) bond motifs is 1. The van der Waals surface area contributed by atoms with Crippen LogP contribution in [0.5, 0.6) is 0 Å². The van der Waals surface area contributed by atoms with Crippen molar-refractivity contribution in [1.82, 2.24) is 14.4 Å². The molecule has 0 spiro atoms. The standard InChI is InChI=1S/C14H11N3O2/c1-9-4-2-3-5-10(9)11-6-13-16-12(14(18)19)7-17(13)8-15-11/h2-8H,1H3,(H,18,19). The zero-order valence-corrected chi connectivity index (χ0v) is 10.2. The molecular weight excluding hydrogens is 242 g/mol. The molecule has 0 aliphatic heterocycles. The van der Waals surface area contributed by atoms with Crippen molar-refractivity contribution in [1.29, 1.82) is 0 Å². The van der Waals surface area contributed by atoms with Crippen molar-refractivity contribution in [3.05, 3.63) is 54.1 Å². The molecule has 2 heterocycles. The van der Waals surface area contributed by atoms with Crippen LogP contribution in [0.3, 0.4) is 0 Å². The van der Waals surface area contributed by atoms with E-state index in [1.165, 1.54) is 6.20 Å². The number of hydrogen-bond donors (Lipinski definition) is 1. The van der Waals surface area contributed by atoms with Crippen LogP contribution in [0.2, 0.25) is 0 Å². The lowest BCUT2D eigenvalue weighted by molar-refractivity contribution is 0.0691. The van der Waals surface area contributed by atoms with E-state index in [-0.39, 0.29) is 5.69 Å². The van der Waals surface area contributed by atoms with Crippen LogP contribution in [0, 0.1) is 6.92 Å². The molecule has 0 saturated heterocycles. The van der Waals surface area contributed by atoms with E-state index in [0.717, 1.165) is 16.8 Å². The van der Waals surface area contributed by atoms with Crippen LogP contribution in [-0.2, 0) is 0 Å². The highest BCUT2D eigenvalue weighted by molar-refractivity contribution is 5.86. The second-order valence-corrected chi connectivity index (χ2v) is 4.29. The van der Waals surface area contributed by atoms with Gasteiger partial charge in [-0.15, -0.1) is 0 Å². The number of rotatable bonds is 2. The summed E-state index contributed by atoms with van der Waals surface area (Å²) in [5.74, 6) is -1.04. The zero-order chi connectivity index (χ0) is 13.4. The molecule has 3 rings (SSSR count). The van der Waals surface area contributed by atoms with E-state index in [0.29, 0.717) is 5.65 Å². The topological polar surface area (TPSA) is 67.5 Å². The van der Waals surface area contributed by atoms with Crippen LogP contribution >= 0.6 is 0 Å². The Hall–Kier alpha value is -2.69. The Kier molecular flexibility index (Phi) is 2.52. The number of carboxylic acids is 1. The van der Waals surface area contributed by atoms with Crippen LogP contribution in [0.4, 0.5) is 0 Å². The highest BCUT2D eigenvalue weighted by atomic mass is 16.4. The summed E-state index contributed by atoms with van der Waals surface area (Å²) in [6, 6.07) is 9.69. The molecule has 0 bridgehead atoms. The molecule has 94 valence electrons. The summed E-state index contributed by atoms with van der Waals surface area (Å²) >= 11 is 0. The number of hydrogen-bond acceptors (Lipinski definition) is 3. The molecule has 1 aromatic carbocycles. The quantitative estimate of drug-likeness (QED) is 0.761. The van der Waals surface area contributed by atoms with Crippen molar-refractivity contribution < 1.29 is 9.90 Å². The number of nitrogens with zero attached hydrogens (tertiary/aromatic N) is 3. The minimum atomic E-state index is -1.04. The third kappa shape index (κ3) is 1.95. The Bertz CT molecular complexity index is 777. The highest BCUT2D eigenvalue weighted by Crippen LogP contribution is 2.21. The lowest BCUT2D eigenvalue weighted by Gasteiger charge is -2.04. The van der Waals surface area contributed by atoms with E-state index in [2.05, 4.69) is 9.97 Å². The van der Waals surface area contributed by atoms with E-state index < -0.39 is 5.97 Å². The first-order chi connectivity index (χ1) is 9.15. The number of benzene rings is 1. The monoisotopic (exact) mass is 253 g/mol. The minimum Gasteiger partial charge on any atom is -0.476 e. The first-order valence-corrected chi connectivity index (χ1v) is 5.79. The molecular formula is C14H11N3O2. The van der Waals surface area contributed by atoms with Gasteiger partial charge in [0.15, 0.2) is 5.69 Å². The predicted octanol–water partition coefficient (Wildman–Crippen LogP) is 2.40. The van der Waals surface area contributed by atoms with Crippen molar-refractivity contribution in [3.8, 4) is 11.3 Å². The molecule has 1 N–H and O–H groups in total. The van der Waals surface area contributed by atoms with Gasteiger partial charge in [0, 0.05) is 17.8 Å². The van der Waals surface area contributed by atoms with Gasteiger partial charge in [0.25, 0.3) is 0 Å². The first-order valence-electron chi connectivity index (χ1n) is 5.79. The lowest BCUT2D eigenvalue weighted by Crippen LogP contribution is -1.94. The number of aromatic carboxylic acids is 1. The highest BCUT2D eigenvalue weighted by Gasteiger charge is 2.10. The molecule has 0 amide bonds. The first kappa shape index (κ1) is 11.4. The Labute approximate surface area is 109 Å². The summed E-state index contributed by atoms with van der Waals surface area (Å²) in [6.07, 6.45) is 3.03. The number of aryl methyl sites for hydroxylation is 1. The molecule has 0 aliphatic carbocycles. The van der Waals surface area contributed by atoms with Crippen LogP contribution < -0.4 is 0 Å². The zero-order valence-electron chi connectivity index (χ0n) is 10.2. The van der Waals surface area contributed by atoms with Crippen molar-refractivity contribution in [2.45, 2.75) is 6.92 Å². The van der Waals surface area contributed by atoms with Crippen LogP contribution in [0.15, 0.2) is 42.9 Å². The van der Waals surface area contributed by atoms with Gasteiger partial charge in [-0.25, -0.2) is 14.8 Å². The molecule has 5 nitrogen and oxygen atoms in total. The lowest BCUT2D eigenvalue weighted by atomic mass is 10.1. The third-order valence-corrected chi connectivity index (χ3v) is 2.99. The van der Waals surface area contributed by atoms with Crippen LogP contribution in [0.25, 0.3) is 16.9 Å². The molecule has 5 heteroatoms. The third-order valence-electron chi connectivity index (χ3n) is 2.99. The Morgan fingerprint density at radius 3 is 2.84 bits per heavy atom. The summed E-state index contributed by atoms with van der Waals surface area (Å²) in [7, 11) is 0. The average molecular weight is 253 g/mol.